The molecule has 0 spiro atoms. The average molecular weight is 518 g/mol. The van der Waals surface area contributed by atoms with Gasteiger partial charge in [0.1, 0.15) is 5.82 Å². The SMILES string of the molecule is C[C@@H](O[C@H]1CC[C@@H]([C@H]2C[C@H](N)C(=O)N2)[C@@H]1c1ccc(F)cc1)c1cc(C(F)(F)F)cc(C(F)(F)F)c1. The predicted molar refractivity (Wildman–Crippen MR) is 116 cm³/mol. The minimum absolute atomic E-state index is 0.0785. The number of carbonyl (C=O) groups excluding carboxylic acids is 1. The van der Waals surface area contributed by atoms with Crippen LogP contribution in [0.1, 0.15) is 60.5 Å². The van der Waals surface area contributed by atoms with Crippen molar-refractivity contribution in [3.8, 4) is 0 Å². The Bertz CT molecular complexity index is 1070. The van der Waals surface area contributed by atoms with Crippen molar-refractivity contribution < 1.29 is 40.3 Å². The van der Waals surface area contributed by atoms with Gasteiger partial charge in [-0.05, 0) is 73.6 Å². The first-order valence-corrected chi connectivity index (χ1v) is 11.5. The predicted octanol–water partition coefficient (Wildman–Crippen LogP) is 5.72. The second-order valence-corrected chi connectivity index (χ2v) is 9.43. The Morgan fingerprint density at radius 1 is 0.972 bits per heavy atom. The number of alkyl halides is 6. The maximum atomic E-state index is 13.6. The normalized spacial score (nSPS) is 27.8. The minimum Gasteiger partial charge on any atom is -0.370 e. The third-order valence-electron chi connectivity index (χ3n) is 7.05. The van der Waals surface area contributed by atoms with Gasteiger partial charge in [0.25, 0.3) is 0 Å². The fourth-order valence-corrected chi connectivity index (χ4v) is 5.31. The summed E-state index contributed by atoms with van der Waals surface area (Å²) in [4.78, 5) is 12.0. The summed E-state index contributed by atoms with van der Waals surface area (Å²) in [6.45, 7) is 1.40. The van der Waals surface area contributed by atoms with Crippen LogP contribution in [0.25, 0.3) is 0 Å². The number of hydrogen-bond acceptors (Lipinski definition) is 3. The Hall–Kier alpha value is -2.66. The summed E-state index contributed by atoms with van der Waals surface area (Å²) in [6, 6.07) is 6.13. The molecule has 0 bridgehead atoms. The van der Waals surface area contributed by atoms with Gasteiger partial charge in [0, 0.05) is 12.0 Å². The molecule has 2 aromatic carbocycles. The van der Waals surface area contributed by atoms with Crippen molar-refractivity contribution in [3.63, 3.8) is 0 Å². The molecule has 1 saturated carbocycles. The summed E-state index contributed by atoms with van der Waals surface area (Å²) < 4.78 is 99.6. The van der Waals surface area contributed by atoms with Crippen molar-refractivity contribution in [1.82, 2.24) is 5.32 Å². The lowest BCUT2D eigenvalue weighted by Gasteiger charge is -2.31. The largest absolute Gasteiger partial charge is 0.416 e. The van der Waals surface area contributed by atoms with Crippen LogP contribution in [0.2, 0.25) is 0 Å². The second kappa shape index (κ2) is 9.66. The molecule has 11 heteroatoms. The standard InChI is InChI=1S/C25H25F7N2O2/c1-12(14-8-15(24(27,28)29)10-16(9-14)25(30,31)32)36-21-7-6-18(20-11-19(33)23(35)34-20)22(21)13-2-4-17(26)5-3-13/h2-5,8-10,12,18-22H,6-7,11,33H2,1H3,(H,34,35)/t12-,18+,19+,20-,21+,22+/m1/s1. The number of hydrogen-bond donors (Lipinski definition) is 2. The lowest BCUT2D eigenvalue weighted by molar-refractivity contribution is -0.143. The highest BCUT2D eigenvalue weighted by Crippen LogP contribution is 2.47. The van der Waals surface area contributed by atoms with E-state index < -0.39 is 47.5 Å². The number of benzene rings is 2. The third kappa shape index (κ3) is 5.51. The van der Waals surface area contributed by atoms with Crippen molar-refractivity contribution in [2.75, 3.05) is 0 Å². The second-order valence-electron chi connectivity index (χ2n) is 9.43. The van der Waals surface area contributed by atoms with E-state index in [1.165, 1.54) is 19.1 Å². The minimum atomic E-state index is -4.97. The zero-order valence-electron chi connectivity index (χ0n) is 19.2. The Balaban J connectivity index is 1.64. The van der Waals surface area contributed by atoms with E-state index >= 15 is 0 Å². The van der Waals surface area contributed by atoms with Crippen LogP contribution in [0.5, 0.6) is 0 Å². The number of rotatable bonds is 5. The van der Waals surface area contributed by atoms with Crippen molar-refractivity contribution in [2.24, 2.45) is 11.7 Å². The van der Waals surface area contributed by atoms with Gasteiger partial charge in [-0.2, -0.15) is 26.3 Å². The summed E-state index contributed by atoms with van der Waals surface area (Å²) in [5.41, 5.74) is 3.47. The zero-order chi connectivity index (χ0) is 26.4. The summed E-state index contributed by atoms with van der Waals surface area (Å²) in [5, 5.41) is 2.87. The molecule has 0 unspecified atom stereocenters. The molecule has 0 aromatic heterocycles. The summed E-state index contributed by atoms with van der Waals surface area (Å²) in [7, 11) is 0. The van der Waals surface area contributed by atoms with E-state index in [1.54, 1.807) is 12.1 Å². The number of halogens is 7. The molecular formula is C25H25F7N2O2. The average Bonchev–Trinajstić information content (AvgIpc) is 3.35. The van der Waals surface area contributed by atoms with Gasteiger partial charge in [-0.1, -0.05) is 12.1 Å². The van der Waals surface area contributed by atoms with E-state index in [-0.39, 0.29) is 35.4 Å². The van der Waals surface area contributed by atoms with Crippen LogP contribution in [-0.4, -0.2) is 24.1 Å². The van der Waals surface area contributed by atoms with Crippen molar-refractivity contribution in [1.29, 1.82) is 0 Å². The van der Waals surface area contributed by atoms with Gasteiger partial charge in [-0.25, -0.2) is 4.39 Å². The van der Waals surface area contributed by atoms with Crippen LogP contribution in [0.3, 0.4) is 0 Å². The quantitative estimate of drug-likeness (QED) is 0.498. The lowest BCUT2D eigenvalue weighted by Crippen LogP contribution is -2.36. The molecule has 196 valence electrons. The fourth-order valence-electron chi connectivity index (χ4n) is 5.31. The van der Waals surface area contributed by atoms with Crippen LogP contribution in [0, 0.1) is 11.7 Å². The van der Waals surface area contributed by atoms with Gasteiger partial charge in [-0.15, -0.1) is 0 Å². The molecule has 1 amide bonds. The first-order chi connectivity index (χ1) is 16.7. The molecule has 2 aliphatic rings. The highest BCUT2D eigenvalue weighted by Gasteiger charge is 2.46. The van der Waals surface area contributed by atoms with Crippen LogP contribution in [0.15, 0.2) is 42.5 Å². The number of carbonyl (C=O) groups is 1. The third-order valence-corrected chi connectivity index (χ3v) is 7.05. The molecule has 1 aliphatic carbocycles. The Morgan fingerprint density at radius 3 is 2.06 bits per heavy atom. The van der Waals surface area contributed by atoms with Crippen LogP contribution in [0.4, 0.5) is 30.7 Å². The molecule has 2 fully saturated rings. The number of nitrogens with two attached hydrogens (primary N) is 1. The Labute approximate surface area is 203 Å². The number of ether oxygens (including phenoxy) is 1. The molecule has 2 aromatic rings. The molecule has 0 radical (unpaired) electrons. The van der Waals surface area contributed by atoms with E-state index in [9.17, 15) is 35.5 Å². The summed E-state index contributed by atoms with van der Waals surface area (Å²) >= 11 is 0. The first kappa shape index (κ1) is 26.4. The lowest BCUT2D eigenvalue weighted by atomic mass is 9.82. The van der Waals surface area contributed by atoms with E-state index in [2.05, 4.69) is 5.32 Å². The molecule has 6 atom stereocenters. The van der Waals surface area contributed by atoms with E-state index in [1.807, 2.05) is 0 Å². The molecule has 3 N–H and O–H groups in total. The highest BCUT2D eigenvalue weighted by molar-refractivity contribution is 5.84. The van der Waals surface area contributed by atoms with Gasteiger partial charge >= 0.3 is 12.4 Å². The maximum Gasteiger partial charge on any atom is 0.416 e. The van der Waals surface area contributed by atoms with E-state index in [4.69, 9.17) is 10.5 Å². The van der Waals surface area contributed by atoms with Crippen LogP contribution >= 0.6 is 0 Å². The molecular weight excluding hydrogens is 493 g/mol. The van der Waals surface area contributed by atoms with Crippen LogP contribution < -0.4 is 11.1 Å². The molecule has 1 heterocycles. The van der Waals surface area contributed by atoms with Gasteiger partial charge in [0.15, 0.2) is 0 Å². The summed E-state index contributed by atoms with van der Waals surface area (Å²) in [6.07, 6.45) is -10.2. The Kier molecular flexibility index (Phi) is 7.09. The first-order valence-electron chi connectivity index (χ1n) is 11.5. The van der Waals surface area contributed by atoms with Crippen molar-refractivity contribution >= 4 is 5.91 Å². The number of nitrogens with one attached hydrogen (secondary N) is 1. The molecule has 4 rings (SSSR count). The van der Waals surface area contributed by atoms with Gasteiger partial charge in [0.2, 0.25) is 5.91 Å². The van der Waals surface area contributed by atoms with Gasteiger partial charge < -0.3 is 15.8 Å². The summed E-state index contributed by atoms with van der Waals surface area (Å²) in [5.74, 6) is -1.29. The maximum absolute atomic E-state index is 13.6. The van der Waals surface area contributed by atoms with Crippen LogP contribution in [-0.2, 0) is 21.9 Å². The van der Waals surface area contributed by atoms with Crippen molar-refractivity contribution in [2.45, 2.75) is 68.7 Å². The molecule has 36 heavy (non-hydrogen) atoms. The molecule has 1 aliphatic heterocycles. The van der Waals surface area contributed by atoms with E-state index in [0.29, 0.717) is 37.0 Å². The zero-order valence-corrected chi connectivity index (χ0v) is 19.2. The topological polar surface area (TPSA) is 64.3 Å². The smallest absolute Gasteiger partial charge is 0.370 e. The fraction of sp³-hybridized carbons (Fsp3) is 0.480. The molecule has 1 saturated heterocycles. The Morgan fingerprint density at radius 2 is 1.56 bits per heavy atom. The highest BCUT2D eigenvalue weighted by atomic mass is 19.4. The molecule has 4 nitrogen and oxygen atoms in total. The number of amides is 1. The van der Waals surface area contributed by atoms with Gasteiger partial charge in [0.05, 0.1) is 29.4 Å². The van der Waals surface area contributed by atoms with Crippen molar-refractivity contribution in [3.05, 3.63) is 70.5 Å². The van der Waals surface area contributed by atoms with Gasteiger partial charge in [-0.3, -0.25) is 4.79 Å². The monoisotopic (exact) mass is 518 g/mol. The van der Waals surface area contributed by atoms with E-state index in [0.717, 1.165) is 0 Å².